The van der Waals surface area contributed by atoms with E-state index < -0.39 is 0 Å². The monoisotopic (exact) mass is 417 g/mol. The topological polar surface area (TPSA) is 70.7 Å². The van der Waals surface area contributed by atoms with Gasteiger partial charge in [-0.3, -0.25) is 9.59 Å². The molecule has 0 aliphatic heterocycles. The highest BCUT2D eigenvalue weighted by Crippen LogP contribution is 2.20. The molecule has 0 radical (unpaired) electrons. The van der Waals surface area contributed by atoms with Crippen molar-refractivity contribution in [2.24, 2.45) is 0 Å². The number of nitrogens with zero attached hydrogens (tertiary/aromatic N) is 1. The lowest BCUT2D eigenvalue weighted by atomic mass is 10.1. The van der Waals surface area contributed by atoms with Crippen LogP contribution in [0.1, 0.15) is 32.3 Å². The molecule has 0 aromatic heterocycles. The number of methoxy groups -OCH3 is 1. The maximum absolute atomic E-state index is 12.9. The second-order valence-corrected chi connectivity index (χ2v) is 7.33. The number of ether oxygens (including phenoxy) is 1. The van der Waals surface area contributed by atoms with Gasteiger partial charge in [0.2, 0.25) is 0 Å². The van der Waals surface area contributed by atoms with Crippen LogP contribution in [0.3, 0.4) is 0 Å². The zero-order valence-corrected chi connectivity index (χ0v) is 18.0. The summed E-state index contributed by atoms with van der Waals surface area (Å²) in [6.07, 6.45) is 0. The zero-order chi connectivity index (χ0) is 22.2. The minimum Gasteiger partial charge on any atom is -0.497 e. The van der Waals surface area contributed by atoms with Gasteiger partial charge in [-0.2, -0.15) is 0 Å². The Balaban J connectivity index is 1.71. The van der Waals surface area contributed by atoms with Gasteiger partial charge in [0.05, 0.1) is 24.4 Å². The van der Waals surface area contributed by atoms with Crippen molar-refractivity contribution in [3.63, 3.8) is 0 Å². The van der Waals surface area contributed by atoms with Gasteiger partial charge in [0, 0.05) is 12.1 Å². The van der Waals surface area contributed by atoms with Gasteiger partial charge < -0.3 is 20.3 Å². The van der Waals surface area contributed by atoms with Gasteiger partial charge >= 0.3 is 0 Å². The van der Waals surface area contributed by atoms with Crippen LogP contribution in [0.4, 0.5) is 5.69 Å². The largest absolute Gasteiger partial charge is 0.497 e. The molecule has 1 atom stereocenters. The second-order valence-electron chi connectivity index (χ2n) is 7.33. The maximum Gasteiger partial charge on any atom is 0.255 e. The Kier molecular flexibility index (Phi) is 7.40. The summed E-state index contributed by atoms with van der Waals surface area (Å²) in [5.41, 5.74) is 2.47. The second kappa shape index (κ2) is 10.4. The number of carbonyl (C=O) groups is 2. The molecular formula is C25H27N3O3. The van der Waals surface area contributed by atoms with Crippen molar-refractivity contribution in [3.05, 3.63) is 95.6 Å². The lowest BCUT2D eigenvalue weighted by Gasteiger charge is -2.25. The molecule has 160 valence electrons. The van der Waals surface area contributed by atoms with E-state index >= 15 is 0 Å². The molecule has 0 heterocycles. The Bertz CT molecular complexity index is 1020. The van der Waals surface area contributed by atoms with E-state index in [0.717, 1.165) is 5.56 Å². The van der Waals surface area contributed by atoms with Crippen LogP contribution in [0.15, 0.2) is 78.9 Å². The first kappa shape index (κ1) is 22.1. The van der Waals surface area contributed by atoms with Crippen LogP contribution in [0.2, 0.25) is 0 Å². The molecule has 0 fully saturated rings. The molecular weight excluding hydrogens is 390 g/mol. The minimum atomic E-state index is -0.293. The number of hydrogen-bond acceptors (Lipinski definition) is 4. The smallest absolute Gasteiger partial charge is 0.255 e. The zero-order valence-electron chi connectivity index (χ0n) is 18.0. The van der Waals surface area contributed by atoms with E-state index in [9.17, 15) is 9.59 Å². The van der Waals surface area contributed by atoms with E-state index in [1.807, 2.05) is 44.4 Å². The van der Waals surface area contributed by atoms with Crippen molar-refractivity contribution in [1.82, 2.24) is 10.2 Å². The predicted octanol–water partition coefficient (Wildman–Crippen LogP) is 3.98. The third kappa shape index (κ3) is 5.71. The van der Waals surface area contributed by atoms with Crippen LogP contribution in [-0.2, 0) is 0 Å². The first-order valence-electron chi connectivity index (χ1n) is 10.0. The number of rotatable bonds is 8. The van der Waals surface area contributed by atoms with Crippen LogP contribution >= 0.6 is 0 Å². The summed E-state index contributed by atoms with van der Waals surface area (Å²) in [6.45, 7) is 0.441. The highest BCUT2D eigenvalue weighted by atomic mass is 16.5. The number of anilines is 1. The van der Waals surface area contributed by atoms with Gasteiger partial charge in [-0.05, 0) is 56.1 Å². The standard InChI is InChI=1S/C25H27N3O3/c1-28(2)23(18-9-5-4-6-10-18)17-26-25(30)21-11-7-8-12-22(21)27-24(29)19-13-15-20(31-3)16-14-19/h4-16,23H,17H2,1-3H3,(H,26,30)(H,27,29). The van der Waals surface area contributed by atoms with E-state index in [0.29, 0.717) is 29.1 Å². The van der Waals surface area contributed by atoms with Gasteiger partial charge in [-0.1, -0.05) is 42.5 Å². The number of para-hydroxylation sites is 1. The molecule has 3 aromatic carbocycles. The van der Waals surface area contributed by atoms with Crippen molar-refractivity contribution in [1.29, 1.82) is 0 Å². The number of benzene rings is 3. The van der Waals surface area contributed by atoms with Crippen molar-refractivity contribution >= 4 is 17.5 Å². The lowest BCUT2D eigenvalue weighted by molar-refractivity contribution is 0.0943. The third-order valence-corrected chi connectivity index (χ3v) is 5.04. The summed E-state index contributed by atoms with van der Waals surface area (Å²) < 4.78 is 5.12. The minimum absolute atomic E-state index is 0.0335. The van der Waals surface area contributed by atoms with Crippen molar-refractivity contribution < 1.29 is 14.3 Å². The number of amides is 2. The van der Waals surface area contributed by atoms with Gasteiger partial charge in [-0.25, -0.2) is 0 Å². The highest BCUT2D eigenvalue weighted by Gasteiger charge is 2.18. The number of hydrogen-bond donors (Lipinski definition) is 2. The molecule has 0 aliphatic carbocycles. The summed E-state index contributed by atoms with van der Waals surface area (Å²) in [7, 11) is 5.53. The third-order valence-electron chi connectivity index (χ3n) is 5.04. The SMILES string of the molecule is COc1ccc(C(=O)Nc2ccccc2C(=O)NCC(c2ccccc2)N(C)C)cc1. The fourth-order valence-electron chi connectivity index (χ4n) is 3.29. The molecule has 0 bridgehead atoms. The molecule has 0 aliphatic rings. The van der Waals surface area contributed by atoms with Crippen molar-refractivity contribution in [2.45, 2.75) is 6.04 Å². The maximum atomic E-state index is 12.9. The van der Waals surface area contributed by atoms with Crippen molar-refractivity contribution in [3.8, 4) is 5.75 Å². The molecule has 0 spiro atoms. The van der Waals surface area contributed by atoms with Crippen LogP contribution in [0.5, 0.6) is 5.75 Å². The first-order valence-corrected chi connectivity index (χ1v) is 10.0. The lowest BCUT2D eigenvalue weighted by Crippen LogP contribution is -2.35. The fraction of sp³-hybridized carbons (Fsp3) is 0.200. The van der Waals surface area contributed by atoms with E-state index in [4.69, 9.17) is 4.74 Å². The van der Waals surface area contributed by atoms with Gasteiger partial charge in [0.15, 0.2) is 0 Å². The van der Waals surface area contributed by atoms with Gasteiger partial charge in [-0.15, -0.1) is 0 Å². The Morgan fingerprint density at radius 1 is 0.871 bits per heavy atom. The molecule has 6 nitrogen and oxygen atoms in total. The Hall–Kier alpha value is -3.64. The molecule has 2 amide bonds. The Labute approximate surface area is 182 Å². The molecule has 3 aromatic rings. The number of carbonyl (C=O) groups excluding carboxylic acids is 2. The van der Waals surface area contributed by atoms with E-state index in [2.05, 4.69) is 15.5 Å². The predicted molar refractivity (Wildman–Crippen MR) is 123 cm³/mol. The molecule has 6 heteroatoms. The number of likely N-dealkylation sites (N-methyl/N-ethyl adjacent to an activating group) is 1. The molecule has 1 unspecified atom stereocenters. The summed E-state index contributed by atoms with van der Waals surface area (Å²) in [5.74, 6) is 0.136. The van der Waals surface area contributed by atoms with Crippen LogP contribution < -0.4 is 15.4 Å². The highest BCUT2D eigenvalue weighted by molar-refractivity contribution is 6.09. The average Bonchev–Trinajstić information content (AvgIpc) is 2.80. The summed E-state index contributed by atoms with van der Waals surface area (Å²) in [4.78, 5) is 27.6. The van der Waals surface area contributed by atoms with Crippen molar-refractivity contribution in [2.75, 3.05) is 33.1 Å². The van der Waals surface area contributed by atoms with Crippen LogP contribution in [0, 0.1) is 0 Å². The molecule has 0 saturated heterocycles. The van der Waals surface area contributed by atoms with E-state index in [1.54, 1.807) is 55.6 Å². The van der Waals surface area contributed by atoms with Gasteiger partial charge in [0.25, 0.3) is 11.8 Å². The summed E-state index contributed by atoms with van der Waals surface area (Å²) in [6, 6.07) is 23.8. The van der Waals surface area contributed by atoms with Gasteiger partial charge in [0.1, 0.15) is 5.75 Å². The fourth-order valence-corrected chi connectivity index (χ4v) is 3.29. The Morgan fingerprint density at radius 3 is 2.16 bits per heavy atom. The normalized spacial score (nSPS) is 11.6. The Morgan fingerprint density at radius 2 is 1.52 bits per heavy atom. The molecule has 3 rings (SSSR count). The summed E-state index contributed by atoms with van der Waals surface area (Å²) >= 11 is 0. The molecule has 0 saturated carbocycles. The first-order chi connectivity index (χ1) is 15.0. The molecule has 31 heavy (non-hydrogen) atoms. The average molecular weight is 418 g/mol. The van der Waals surface area contributed by atoms with Crippen LogP contribution in [0.25, 0.3) is 0 Å². The quantitative estimate of drug-likeness (QED) is 0.582. The van der Waals surface area contributed by atoms with Crippen LogP contribution in [-0.4, -0.2) is 44.5 Å². The van der Waals surface area contributed by atoms with E-state index in [1.165, 1.54) is 0 Å². The summed E-state index contributed by atoms with van der Waals surface area (Å²) in [5, 5.41) is 5.84. The molecule has 2 N–H and O–H groups in total. The number of nitrogens with one attached hydrogen (secondary N) is 2. The van der Waals surface area contributed by atoms with E-state index in [-0.39, 0.29) is 17.9 Å².